The van der Waals surface area contributed by atoms with Gasteiger partial charge in [0.2, 0.25) is 0 Å². The van der Waals surface area contributed by atoms with Crippen molar-refractivity contribution in [2.45, 2.75) is 13.8 Å². The SMILES string of the molecule is CCOc1cc(/C=C2/NC(=O)N(c3cccc(Cl)c3)C2=O)c(Br)cc1OCC(=O)Nc1ccc(C)cc1. The smallest absolute Gasteiger partial charge is 0.333 e. The molecule has 0 saturated carbocycles. The van der Waals surface area contributed by atoms with Crippen molar-refractivity contribution < 1.29 is 23.9 Å². The van der Waals surface area contributed by atoms with E-state index in [0.29, 0.717) is 44.5 Å². The number of imide groups is 1. The second-order valence-electron chi connectivity index (χ2n) is 8.06. The number of ether oxygens (including phenoxy) is 2. The van der Waals surface area contributed by atoms with Crippen LogP contribution in [0.15, 0.2) is 70.8 Å². The molecule has 0 radical (unpaired) electrons. The Hall–Kier alpha value is -3.82. The second kappa shape index (κ2) is 11.5. The van der Waals surface area contributed by atoms with Gasteiger partial charge in [-0.05, 0) is 68.0 Å². The first-order chi connectivity index (χ1) is 17.7. The Labute approximate surface area is 227 Å². The van der Waals surface area contributed by atoms with Crippen molar-refractivity contribution >= 4 is 62.8 Å². The first-order valence-corrected chi connectivity index (χ1v) is 12.5. The van der Waals surface area contributed by atoms with Crippen LogP contribution in [0.25, 0.3) is 6.08 Å². The van der Waals surface area contributed by atoms with Crippen LogP contribution < -0.4 is 25.0 Å². The van der Waals surface area contributed by atoms with Crippen LogP contribution in [-0.2, 0) is 9.59 Å². The summed E-state index contributed by atoms with van der Waals surface area (Å²) in [6.07, 6.45) is 1.53. The molecule has 4 amide bonds. The number of benzene rings is 3. The van der Waals surface area contributed by atoms with Gasteiger partial charge in [-0.15, -0.1) is 0 Å². The number of nitrogens with one attached hydrogen (secondary N) is 2. The van der Waals surface area contributed by atoms with Gasteiger partial charge in [0, 0.05) is 15.2 Å². The number of carbonyl (C=O) groups excluding carboxylic acids is 3. The number of carbonyl (C=O) groups is 3. The molecule has 2 N–H and O–H groups in total. The highest BCUT2D eigenvalue weighted by Crippen LogP contribution is 2.35. The van der Waals surface area contributed by atoms with E-state index in [1.54, 1.807) is 30.3 Å². The van der Waals surface area contributed by atoms with E-state index in [9.17, 15) is 14.4 Å². The highest BCUT2D eigenvalue weighted by Gasteiger charge is 2.35. The molecular formula is C27H23BrClN3O5. The number of rotatable bonds is 8. The molecule has 0 aromatic heterocycles. The predicted octanol–water partition coefficient (Wildman–Crippen LogP) is 5.92. The first kappa shape index (κ1) is 26.2. The van der Waals surface area contributed by atoms with Gasteiger partial charge in [0.1, 0.15) is 5.70 Å². The molecule has 1 heterocycles. The summed E-state index contributed by atoms with van der Waals surface area (Å²) in [5, 5.41) is 5.77. The molecular weight excluding hydrogens is 562 g/mol. The number of aryl methyl sites for hydroxylation is 1. The number of urea groups is 1. The number of anilines is 2. The highest BCUT2D eigenvalue weighted by atomic mass is 79.9. The second-order valence-corrected chi connectivity index (χ2v) is 9.36. The topological polar surface area (TPSA) is 97.0 Å². The van der Waals surface area contributed by atoms with E-state index < -0.39 is 11.9 Å². The lowest BCUT2D eigenvalue weighted by molar-refractivity contribution is -0.118. The summed E-state index contributed by atoms with van der Waals surface area (Å²) < 4.78 is 12.0. The van der Waals surface area contributed by atoms with E-state index in [1.165, 1.54) is 12.1 Å². The van der Waals surface area contributed by atoms with Gasteiger partial charge in [-0.2, -0.15) is 0 Å². The molecule has 8 nitrogen and oxygen atoms in total. The summed E-state index contributed by atoms with van der Waals surface area (Å²) in [7, 11) is 0. The maximum Gasteiger partial charge on any atom is 0.333 e. The molecule has 1 fully saturated rings. The van der Waals surface area contributed by atoms with Crippen LogP contribution in [0.2, 0.25) is 5.02 Å². The van der Waals surface area contributed by atoms with Crippen molar-refractivity contribution in [3.8, 4) is 11.5 Å². The largest absolute Gasteiger partial charge is 0.490 e. The fraction of sp³-hybridized carbons (Fsp3) is 0.148. The molecule has 0 atom stereocenters. The number of hydrogen-bond donors (Lipinski definition) is 2. The third kappa shape index (κ3) is 6.31. The zero-order chi connectivity index (χ0) is 26.5. The van der Waals surface area contributed by atoms with Crippen LogP contribution >= 0.6 is 27.5 Å². The first-order valence-electron chi connectivity index (χ1n) is 11.3. The van der Waals surface area contributed by atoms with Crippen molar-refractivity contribution in [2.24, 2.45) is 0 Å². The highest BCUT2D eigenvalue weighted by molar-refractivity contribution is 9.10. The Morgan fingerprint density at radius 1 is 1.08 bits per heavy atom. The lowest BCUT2D eigenvalue weighted by Crippen LogP contribution is -2.30. The molecule has 0 spiro atoms. The fourth-order valence-corrected chi connectivity index (χ4v) is 4.18. The van der Waals surface area contributed by atoms with Crippen LogP contribution in [0.1, 0.15) is 18.1 Å². The molecule has 3 aromatic rings. The van der Waals surface area contributed by atoms with Gasteiger partial charge in [-0.1, -0.05) is 51.3 Å². The number of halogens is 2. The van der Waals surface area contributed by atoms with E-state index in [4.69, 9.17) is 21.1 Å². The van der Waals surface area contributed by atoms with Crippen molar-refractivity contribution in [2.75, 3.05) is 23.4 Å². The third-order valence-corrected chi connectivity index (χ3v) is 6.22. The van der Waals surface area contributed by atoms with Crippen LogP contribution in [0.3, 0.4) is 0 Å². The maximum absolute atomic E-state index is 13.0. The van der Waals surface area contributed by atoms with E-state index >= 15 is 0 Å². The molecule has 190 valence electrons. The van der Waals surface area contributed by atoms with Crippen molar-refractivity contribution in [3.05, 3.63) is 87.0 Å². The number of hydrogen-bond acceptors (Lipinski definition) is 5. The minimum atomic E-state index is -0.584. The lowest BCUT2D eigenvalue weighted by Gasteiger charge is -2.14. The summed E-state index contributed by atoms with van der Waals surface area (Å²) in [4.78, 5) is 38.9. The van der Waals surface area contributed by atoms with Gasteiger partial charge >= 0.3 is 6.03 Å². The summed E-state index contributed by atoms with van der Waals surface area (Å²) in [6.45, 7) is 3.90. The van der Waals surface area contributed by atoms with Crippen molar-refractivity contribution in [1.82, 2.24) is 5.32 Å². The molecule has 0 unspecified atom stereocenters. The monoisotopic (exact) mass is 583 g/mol. The van der Waals surface area contributed by atoms with Crippen molar-refractivity contribution in [1.29, 1.82) is 0 Å². The molecule has 0 aliphatic carbocycles. The zero-order valence-corrected chi connectivity index (χ0v) is 22.4. The molecule has 1 saturated heterocycles. The molecule has 3 aromatic carbocycles. The van der Waals surface area contributed by atoms with Crippen LogP contribution in [0.5, 0.6) is 11.5 Å². The van der Waals surface area contributed by atoms with Gasteiger partial charge in [-0.25, -0.2) is 9.69 Å². The Morgan fingerprint density at radius 3 is 2.51 bits per heavy atom. The fourth-order valence-electron chi connectivity index (χ4n) is 3.56. The Morgan fingerprint density at radius 2 is 1.81 bits per heavy atom. The molecule has 10 heteroatoms. The Kier molecular flexibility index (Phi) is 8.15. The molecule has 4 rings (SSSR count). The number of amides is 4. The van der Waals surface area contributed by atoms with Gasteiger partial charge in [0.25, 0.3) is 11.8 Å². The average Bonchev–Trinajstić information content (AvgIpc) is 3.14. The van der Waals surface area contributed by atoms with Gasteiger partial charge in [-0.3, -0.25) is 9.59 Å². The maximum atomic E-state index is 13.0. The summed E-state index contributed by atoms with van der Waals surface area (Å²) in [6, 6.07) is 16.6. The van der Waals surface area contributed by atoms with Crippen LogP contribution in [0.4, 0.5) is 16.2 Å². The van der Waals surface area contributed by atoms with Crippen LogP contribution in [0, 0.1) is 6.92 Å². The molecule has 37 heavy (non-hydrogen) atoms. The van der Waals surface area contributed by atoms with Gasteiger partial charge in [0.15, 0.2) is 18.1 Å². The van der Waals surface area contributed by atoms with Gasteiger partial charge in [0.05, 0.1) is 12.3 Å². The molecule has 0 bridgehead atoms. The van der Waals surface area contributed by atoms with Crippen LogP contribution in [-0.4, -0.2) is 31.1 Å². The van der Waals surface area contributed by atoms with E-state index in [-0.39, 0.29) is 18.2 Å². The number of nitrogens with zero attached hydrogens (tertiary/aromatic N) is 1. The molecule has 1 aliphatic rings. The standard InChI is InChI=1S/C27H23BrClN3O5/c1-3-36-23-12-17(11-22-26(34)32(27(35)31-22)20-6-4-5-18(29)13-20)21(28)14-24(23)37-15-25(33)30-19-9-7-16(2)8-10-19/h4-14H,3,15H2,1-2H3,(H,30,33)(H,31,35)/b22-11+. The third-order valence-electron chi connectivity index (χ3n) is 5.30. The van der Waals surface area contributed by atoms with E-state index in [0.717, 1.165) is 10.5 Å². The normalized spacial score (nSPS) is 14.1. The summed E-state index contributed by atoms with van der Waals surface area (Å²) in [5.74, 6) is -0.124. The van der Waals surface area contributed by atoms with E-state index in [1.807, 2.05) is 38.1 Å². The summed E-state index contributed by atoms with van der Waals surface area (Å²) in [5.41, 5.74) is 2.77. The minimum absolute atomic E-state index is 0.0827. The average molecular weight is 585 g/mol. The molecule has 1 aliphatic heterocycles. The lowest BCUT2D eigenvalue weighted by atomic mass is 10.1. The minimum Gasteiger partial charge on any atom is -0.490 e. The Balaban J connectivity index is 1.52. The van der Waals surface area contributed by atoms with Crippen molar-refractivity contribution in [3.63, 3.8) is 0 Å². The summed E-state index contributed by atoms with van der Waals surface area (Å²) >= 11 is 9.49. The zero-order valence-electron chi connectivity index (χ0n) is 20.0. The quantitative estimate of drug-likeness (QED) is 0.253. The Bertz CT molecular complexity index is 1390. The predicted molar refractivity (Wildman–Crippen MR) is 146 cm³/mol. The van der Waals surface area contributed by atoms with Gasteiger partial charge < -0.3 is 20.1 Å². The van der Waals surface area contributed by atoms with E-state index in [2.05, 4.69) is 26.6 Å².